The molecular formula is C25H21N7O. The molecule has 0 fully saturated rings. The maximum atomic E-state index is 5.27. The van der Waals surface area contributed by atoms with E-state index < -0.39 is 0 Å². The average Bonchev–Trinajstić information content (AvgIpc) is 3.57. The molecule has 6 rings (SSSR count). The highest BCUT2D eigenvalue weighted by Crippen LogP contribution is 2.34. The Morgan fingerprint density at radius 2 is 1.82 bits per heavy atom. The SMILES string of the molecule is CN(C)Cc1cncc(-c2cc3c(-c4cc5c(-c6ccoc6)cncc5[nH]4)n[nH]c3cn2)c1. The molecule has 0 radical (unpaired) electrons. The van der Waals surface area contributed by atoms with Gasteiger partial charge in [-0.1, -0.05) is 0 Å². The van der Waals surface area contributed by atoms with Gasteiger partial charge in [0.1, 0.15) is 5.69 Å². The number of hydrogen-bond acceptors (Lipinski definition) is 6. The molecular weight excluding hydrogens is 414 g/mol. The van der Waals surface area contributed by atoms with Gasteiger partial charge in [-0.05, 0) is 43.9 Å². The van der Waals surface area contributed by atoms with Crippen LogP contribution >= 0.6 is 0 Å². The molecule has 6 heterocycles. The van der Waals surface area contributed by atoms with Gasteiger partial charge in [0.15, 0.2) is 0 Å². The van der Waals surface area contributed by atoms with Crippen LogP contribution in [0.3, 0.4) is 0 Å². The lowest BCUT2D eigenvalue weighted by Crippen LogP contribution is -2.10. The first kappa shape index (κ1) is 19.4. The van der Waals surface area contributed by atoms with E-state index in [1.807, 2.05) is 51.1 Å². The summed E-state index contributed by atoms with van der Waals surface area (Å²) >= 11 is 0. The van der Waals surface area contributed by atoms with Gasteiger partial charge in [-0.15, -0.1) is 0 Å². The summed E-state index contributed by atoms with van der Waals surface area (Å²) in [6.45, 7) is 0.822. The Kier molecular flexibility index (Phi) is 4.51. The van der Waals surface area contributed by atoms with Crippen LogP contribution < -0.4 is 0 Å². The number of fused-ring (bicyclic) bond motifs is 2. The Bertz CT molecular complexity index is 1580. The average molecular weight is 435 g/mol. The van der Waals surface area contributed by atoms with Gasteiger partial charge >= 0.3 is 0 Å². The van der Waals surface area contributed by atoms with Crippen molar-refractivity contribution in [1.29, 1.82) is 0 Å². The Balaban J connectivity index is 1.45. The molecule has 0 aromatic carbocycles. The van der Waals surface area contributed by atoms with Gasteiger partial charge in [-0.25, -0.2) is 0 Å². The number of H-pyrrole nitrogens is 2. The molecule has 0 aliphatic heterocycles. The summed E-state index contributed by atoms with van der Waals surface area (Å²) in [4.78, 5) is 19.0. The number of hydrogen-bond donors (Lipinski definition) is 2. The Labute approximate surface area is 189 Å². The first-order valence-electron chi connectivity index (χ1n) is 10.6. The Morgan fingerprint density at radius 3 is 2.67 bits per heavy atom. The number of rotatable bonds is 5. The van der Waals surface area contributed by atoms with Crippen LogP contribution in [0.25, 0.3) is 55.6 Å². The highest BCUT2D eigenvalue weighted by molar-refractivity contribution is 6.00. The number of nitrogens with zero attached hydrogens (tertiary/aromatic N) is 5. The van der Waals surface area contributed by atoms with E-state index in [1.165, 1.54) is 0 Å². The summed E-state index contributed by atoms with van der Waals surface area (Å²) < 4.78 is 5.27. The first-order valence-corrected chi connectivity index (χ1v) is 10.6. The fraction of sp³-hybridized carbons (Fsp3) is 0.120. The number of nitrogens with one attached hydrogen (secondary N) is 2. The normalized spacial score (nSPS) is 11.7. The monoisotopic (exact) mass is 435 g/mol. The molecule has 0 aliphatic rings. The summed E-state index contributed by atoms with van der Waals surface area (Å²) in [7, 11) is 4.09. The maximum Gasteiger partial charge on any atom is 0.116 e. The zero-order valence-corrected chi connectivity index (χ0v) is 18.2. The molecule has 6 aromatic rings. The van der Waals surface area contributed by atoms with Crippen molar-refractivity contribution < 1.29 is 4.42 Å². The van der Waals surface area contributed by atoms with Crippen LogP contribution in [0.1, 0.15) is 5.56 Å². The fourth-order valence-corrected chi connectivity index (χ4v) is 4.19. The highest BCUT2D eigenvalue weighted by atomic mass is 16.3. The van der Waals surface area contributed by atoms with E-state index in [4.69, 9.17) is 4.42 Å². The van der Waals surface area contributed by atoms with E-state index in [0.29, 0.717) is 0 Å². The number of pyridine rings is 3. The molecule has 0 spiro atoms. The van der Waals surface area contributed by atoms with E-state index in [1.54, 1.807) is 12.5 Å². The molecule has 0 atom stereocenters. The molecule has 162 valence electrons. The third-order valence-electron chi connectivity index (χ3n) is 5.67. The quantitative estimate of drug-likeness (QED) is 0.400. The minimum atomic E-state index is 0.822. The Hall–Kier alpha value is -4.30. The van der Waals surface area contributed by atoms with Crippen LogP contribution in [0, 0.1) is 0 Å². The molecule has 0 saturated carbocycles. The van der Waals surface area contributed by atoms with Crippen molar-refractivity contribution in [3.63, 3.8) is 0 Å². The highest BCUT2D eigenvalue weighted by Gasteiger charge is 2.15. The standard InChI is InChI=1S/C25H21N7O/c1-32(2)13-15-5-17(9-26-8-15)21-7-19-24(12-28-21)30-31-25(19)22-6-18-20(16-3-4-33-14-16)10-27-11-23(18)29-22/h3-12,14,29H,13H2,1-2H3,(H,30,31). The van der Waals surface area contributed by atoms with Crippen LogP contribution in [0.4, 0.5) is 0 Å². The van der Waals surface area contributed by atoms with Gasteiger partial charge in [-0.2, -0.15) is 5.10 Å². The topological polar surface area (TPSA) is 99.5 Å². The molecule has 8 heteroatoms. The lowest BCUT2D eigenvalue weighted by atomic mass is 10.1. The van der Waals surface area contributed by atoms with Crippen molar-refractivity contribution in [2.24, 2.45) is 0 Å². The molecule has 0 saturated heterocycles. The lowest BCUT2D eigenvalue weighted by molar-refractivity contribution is 0.402. The van der Waals surface area contributed by atoms with Gasteiger partial charge in [0.2, 0.25) is 0 Å². The number of aromatic amines is 2. The van der Waals surface area contributed by atoms with Gasteiger partial charge in [0, 0.05) is 52.6 Å². The third kappa shape index (κ3) is 3.46. The summed E-state index contributed by atoms with van der Waals surface area (Å²) in [6, 6.07) is 8.23. The molecule has 2 N–H and O–H groups in total. The molecule has 0 amide bonds. The largest absolute Gasteiger partial charge is 0.472 e. The minimum absolute atomic E-state index is 0.822. The van der Waals surface area contributed by atoms with Gasteiger partial charge in [0.05, 0.1) is 47.3 Å². The predicted octanol–water partition coefficient (Wildman–Crippen LogP) is 4.88. The summed E-state index contributed by atoms with van der Waals surface area (Å²) in [5.41, 5.74) is 8.53. The number of furan rings is 1. The molecule has 0 bridgehead atoms. The van der Waals surface area contributed by atoms with Crippen LogP contribution in [0.2, 0.25) is 0 Å². The molecule has 0 aliphatic carbocycles. The van der Waals surface area contributed by atoms with Gasteiger partial charge < -0.3 is 14.3 Å². The van der Waals surface area contributed by atoms with E-state index in [2.05, 4.69) is 53.2 Å². The zero-order chi connectivity index (χ0) is 22.4. The first-order chi connectivity index (χ1) is 16.2. The molecule has 6 aromatic heterocycles. The van der Waals surface area contributed by atoms with Crippen molar-refractivity contribution in [1.82, 2.24) is 35.0 Å². The fourth-order valence-electron chi connectivity index (χ4n) is 4.19. The van der Waals surface area contributed by atoms with E-state index in [-0.39, 0.29) is 0 Å². The second-order valence-corrected chi connectivity index (χ2v) is 8.35. The van der Waals surface area contributed by atoms with Crippen molar-refractivity contribution in [2.45, 2.75) is 6.54 Å². The maximum absolute atomic E-state index is 5.27. The second kappa shape index (κ2) is 7.68. The summed E-state index contributed by atoms with van der Waals surface area (Å²) in [6.07, 6.45) is 12.6. The van der Waals surface area contributed by atoms with Gasteiger partial charge in [0.25, 0.3) is 0 Å². The summed E-state index contributed by atoms with van der Waals surface area (Å²) in [5, 5.41) is 9.74. The predicted molar refractivity (Wildman–Crippen MR) is 127 cm³/mol. The molecule has 8 nitrogen and oxygen atoms in total. The zero-order valence-electron chi connectivity index (χ0n) is 18.2. The number of aromatic nitrogens is 6. The van der Waals surface area contributed by atoms with E-state index >= 15 is 0 Å². The van der Waals surface area contributed by atoms with Crippen LogP contribution in [-0.4, -0.2) is 49.1 Å². The van der Waals surface area contributed by atoms with Crippen molar-refractivity contribution in [2.75, 3.05) is 14.1 Å². The minimum Gasteiger partial charge on any atom is -0.472 e. The molecule has 0 unspecified atom stereocenters. The van der Waals surface area contributed by atoms with Gasteiger partial charge in [-0.3, -0.25) is 20.1 Å². The second-order valence-electron chi connectivity index (χ2n) is 8.35. The summed E-state index contributed by atoms with van der Waals surface area (Å²) in [5.74, 6) is 0. The van der Waals surface area contributed by atoms with Crippen LogP contribution in [-0.2, 0) is 6.54 Å². The van der Waals surface area contributed by atoms with E-state index in [0.717, 1.165) is 67.7 Å². The van der Waals surface area contributed by atoms with Crippen molar-refractivity contribution in [3.05, 3.63) is 73.3 Å². The third-order valence-corrected chi connectivity index (χ3v) is 5.67. The van der Waals surface area contributed by atoms with Crippen LogP contribution in [0.5, 0.6) is 0 Å². The smallest absolute Gasteiger partial charge is 0.116 e. The van der Waals surface area contributed by atoms with Crippen LogP contribution in [0.15, 0.2) is 72.2 Å². The van der Waals surface area contributed by atoms with E-state index in [9.17, 15) is 0 Å². The molecule has 33 heavy (non-hydrogen) atoms. The lowest BCUT2D eigenvalue weighted by Gasteiger charge is -2.10. The van der Waals surface area contributed by atoms with Crippen molar-refractivity contribution >= 4 is 21.8 Å². The Morgan fingerprint density at radius 1 is 0.909 bits per heavy atom. The van der Waals surface area contributed by atoms with Crippen molar-refractivity contribution in [3.8, 4) is 33.8 Å².